The third-order valence-electron chi connectivity index (χ3n) is 4.62. The Labute approximate surface area is 170 Å². The first kappa shape index (κ1) is 19.5. The quantitative estimate of drug-likeness (QED) is 0.477. The molecule has 7 heteroatoms. The van der Waals surface area contributed by atoms with E-state index in [2.05, 4.69) is 9.98 Å². The van der Waals surface area contributed by atoms with E-state index in [9.17, 15) is 13.2 Å². The van der Waals surface area contributed by atoms with E-state index in [0.717, 1.165) is 48.4 Å². The van der Waals surface area contributed by atoms with Crippen LogP contribution >= 0.6 is 11.6 Å². The highest BCUT2D eigenvalue weighted by atomic mass is 35.5. The lowest BCUT2D eigenvalue weighted by molar-refractivity contribution is -0.137. The molecule has 0 radical (unpaired) electrons. The molecule has 0 saturated heterocycles. The molecule has 0 amide bonds. The fraction of sp³-hybridized carbons (Fsp3) is 0.182. The number of aromatic nitrogens is 1. The zero-order valence-electron chi connectivity index (χ0n) is 15.2. The number of rotatable bonds is 3. The minimum atomic E-state index is -4.45. The van der Waals surface area contributed by atoms with E-state index in [1.165, 1.54) is 6.07 Å². The summed E-state index contributed by atoms with van der Waals surface area (Å²) in [6, 6.07) is 10.3. The number of hydrogen-bond acceptors (Lipinski definition) is 3. The lowest BCUT2D eigenvalue weighted by Crippen LogP contribution is -2.11. The SMILES string of the molecule is FC(F)(F)c1ccc(Cl)c(-c2ccc(/C=C3\CCCN=C3c3cccnc3)o2)c1. The van der Waals surface area contributed by atoms with Gasteiger partial charge in [0.05, 0.1) is 16.3 Å². The van der Waals surface area contributed by atoms with Crippen LogP contribution in [0.15, 0.2) is 69.8 Å². The summed E-state index contributed by atoms with van der Waals surface area (Å²) in [7, 11) is 0. The largest absolute Gasteiger partial charge is 0.457 e. The zero-order chi connectivity index (χ0) is 20.4. The highest BCUT2D eigenvalue weighted by Crippen LogP contribution is 2.37. The first-order chi connectivity index (χ1) is 13.9. The second kappa shape index (κ2) is 7.87. The van der Waals surface area contributed by atoms with Crippen LogP contribution in [-0.2, 0) is 6.18 Å². The van der Waals surface area contributed by atoms with Gasteiger partial charge in [-0.25, -0.2) is 0 Å². The van der Waals surface area contributed by atoms with Gasteiger partial charge < -0.3 is 4.42 Å². The lowest BCUT2D eigenvalue weighted by Gasteiger charge is -2.15. The summed E-state index contributed by atoms with van der Waals surface area (Å²) in [4.78, 5) is 8.76. The van der Waals surface area contributed by atoms with E-state index >= 15 is 0 Å². The number of pyridine rings is 1. The second-order valence-corrected chi connectivity index (χ2v) is 7.05. The molecule has 3 heterocycles. The van der Waals surface area contributed by atoms with Gasteiger partial charge in [-0.1, -0.05) is 11.6 Å². The Morgan fingerprint density at radius 3 is 2.72 bits per heavy atom. The van der Waals surface area contributed by atoms with Gasteiger partial charge in [0.25, 0.3) is 0 Å². The highest BCUT2D eigenvalue weighted by molar-refractivity contribution is 6.33. The molecule has 0 bridgehead atoms. The van der Waals surface area contributed by atoms with Crippen LogP contribution in [0.5, 0.6) is 0 Å². The summed E-state index contributed by atoms with van der Waals surface area (Å²) in [6.45, 7) is 0.741. The Morgan fingerprint density at radius 1 is 1.10 bits per heavy atom. The van der Waals surface area contributed by atoms with E-state index < -0.39 is 11.7 Å². The fourth-order valence-electron chi connectivity index (χ4n) is 3.24. The van der Waals surface area contributed by atoms with Crippen molar-refractivity contribution in [2.45, 2.75) is 19.0 Å². The molecule has 3 nitrogen and oxygen atoms in total. The maximum atomic E-state index is 13.0. The first-order valence-electron chi connectivity index (χ1n) is 9.04. The second-order valence-electron chi connectivity index (χ2n) is 6.64. The van der Waals surface area contributed by atoms with Crippen molar-refractivity contribution in [3.63, 3.8) is 0 Å². The highest BCUT2D eigenvalue weighted by Gasteiger charge is 2.31. The van der Waals surface area contributed by atoms with Crippen LogP contribution in [-0.4, -0.2) is 17.2 Å². The van der Waals surface area contributed by atoms with Crippen LogP contribution in [0.25, 0.3) is 17.4 Å². The minimum absolute atomic E-state index is 0.196. The van der Waals surface area contributed by atoms with Gasteiger partial charge in [0.2, 0.25) is 0 Å². The predicted octanol–water partition coefficient (Wildman–Crippen LogP) is 6.68. The van der Waals surface area contributed by atoms with Gasteiger partial charge in [-0.2, -0.15) is 13.2 Å². The van der Waals surface area contributed by atoms with Gasteiger partial charge in [-0.3, -0.25) is 9.98 Å². The molecular formula is C22H16ClF3N2O. The molecule has 3 aromatic rings. The molecular weight excluding hydrogens is 401 g/mol. The number of halogens is 4. The van der Waals surface area contributed by atoms with Gasteiger partial charge in [-0.15, -0.1) is 0 Å². The molecule has 1 aromatic carbocycles. The molecule has 29 heavy (non-hydrogen) atoms. The molecule has 1 aliphatic heterocycles. The Bertz CT molecular complexity index is 1080. The van der Waals surface area contributed by atoms with Crippen molar-refractivity contribution in [1.29, 1.82) is 0 Å². The number of hydrogen-bond donors (Lipinski definition) is 0. The molecule has 1 aliphatic rings. The van der Waals surface area contributed by atoms with E-state index in [1.807, 2.05) is 18.2 Å². The summed E-state index contributed by atoms with van der Waals surface area (Å²) in [5.74, 6) is 0.811. The fourth-order valence-corrected chi connectivity index (χ4v) is 3.45. The van der Waals surface area contributed by atoms with Crippen molar-refractivity contribution in [3.05, 3.63) is 82.3 Å². The molecule has 0 spiro atoms. The van der Waals surface area contributed by atoms with Crippen LogP contribution in [0, 0.1) is 0 Å². The van der Waals surface area contributed by atoms with Crippen LogP contribution in [0.2, 0.25) is 5.02 Å². The average molecular weight is 417 g/mol. The van der Waals surface area contributed by atoms with Crippen LogP contribution < -0.4 is 0 Å². The molecule has 2 aromatic heterocycles. The van der Waals surface area contributed by atoms with Crippen LogP contribution in [0.4, 0.5) is 13.2 Å². The molecule has 4 rings (SSSR count). The van der Waals surface area contributed by atoms with E-state index in [0.29, 0.717) is 5.76 Å². The molecule has 148 valence electrons. The smallest absolute Gasteiger partial charge is 0.416 e. The predicted molar refractivity (Wildman–Crippen MR) is 107 cm³/mol. The van der Waals surface area contributed by atoms with Gasteiger partial charge in [0, 0.05) is 30.1 Å². The van der Waals surface area contributed by atoms with Crippen molar-refractivity contribution in [2.24, 2.45) is 4.99 Å². The van der Waals surface area contributed by atoms with E-state index in [-0.39, 0.29) is 16.3 Å². The van der Waals surface area contributed by atoms with Gasteiger partial charge in [0.15, 0.2) is 0 Å². The maximum absolute atomic E-state index is 13.0. The van der Waals surface area contributed by atoms with Crippen molar-refractivity contribution < 1.29 is 17.6 Å². The van der Waals surface area contributed by atoms with E-state index in [1.54, 1.807) is 24.5 Å². The summed E-state index contributed by atoms with van der Waals surface area (Å²) < 4.78 is 44.9. The van der Waals surface area contributed by atoms with E-state index in [4.69, 9.17) is 16.0 Å². The van der Waals surface area contributed by atoms with Gasteiger partial charge in [-0.05, 0) is 67.0 Å². The minimum Gasteiger partial charge on any atom is -0.457 e. The summed E-state index contributed by atoms with van der Waals surface area (Å²) >= 11 is 6.12. The Kier molecular flexibility index (Phi) is 5.28. The number of alkyl halides is 3. The topological polar surface area (TPSA) is 38.4 Å². The zero-order valence-corrected chi connectivity index (χ0v) is 16.0. The summed E-state index contributed by atoms with van der Waals surface area (Å²) in [5.41, 5.74) is 2.22. The average Bonchev–Trinajstić information content (AvgIpc) is 3.17. The standard InChI is InChI=1S/C22H16ClF3N2O/c23-19-7-5-16(22(24,25)26)12-18(19)20-8-6-17(29-20)11-14-3-2-10-28-21(14)15-4-1-9-27-13-15/h1,4-9,11-13H,2-3,10H2/b14-11+. The molecule has 0 atom stereocenters. The van der Waals surface area contributed by atoms with Gasteiger partial charge in [0.1, 0.15) is 11.5 Å². The number of allylic oxidation sites excluding steroid dienone is 1. The number of benzene rings is 1. The van der Waals surface area contributed by atoms with Crippen LogP contribution in [0.3, 0.4) is 0 Å². The number of nitrogens with zero attached hydrogens (tertiary/aromatic N) is 2. The lowest BCUT2D eigenvalue weighted by atomic mass is 9.96. The number of furan rings is 1. The molecule has 0 fully saturated rings. The van der Waals surface area contributed by atoms with Crippen LogP contribution in [0.1, 0.15) is 29.7 Å². The van der Waals surface area contributed by atoms with Crippen molar-refractivity contribution in [1.82, 2.24) is 4.98 Å². The van der Waals surface area contributed by atoms with Gasteiger partial charge >= 0.3 is 6.18 Å². The van der Waals surface area contributed by atoms with Crippen molar-refractivity contribution >= 4 is 23.4 Å². The molecule has 0 saturated carbocycles. The first-order valence-corrected chi connectivity index (χ1v) is 9.42. The molecule has 0 N–H and O–H groups in total. The third kappa shape index (κ3) is 4.27. The Balaban J connectivity index is 1.68. The molecule has 0 aliphatic carbocycles. The monoisotopic (exact) mass is 416 g/mol. The Hall–Kier alpha value is -2.86. The number of aliphatic imine (C=N–C) groups is 1. The summed E-state index contributed by atoms with van der Waals surface area (Å²) in [5, 5.41) is 0.196. The Morgan fingerprint density at radius 2 is 1.97 bits per heavy atom. The maximum Gasteiger partial charge on any atom is 0.416 e. The third-order valence-corrected chi connectivity index (χ3v) is 4.95. The molecule has 0 unspecified atom stereocenters. The normalized spacial score (nSPS) is 16.1. The van der Waals surface area contributed by atoms with Crippen molar-refractivity contribution in [2.75, 3.05) is 6.54 Å². The van der Waals surface area contributed by atoms with Crippen molar-refractivity contribution in [3.8, 4) is 11.3 Å². The summed E-state index contributed by atoms with van der Waals surface area (Å²) in [6.07, 6.45) is 2.63.